The summed E-state index contributed by atoms with van der Waals surface area (Å²) in [7, 11) is 6.07. The maximum atomic E-state index is 9.05. The fraction of sp³-hybridized carbons (Fsp3) is 1.00. The van der Waals surface area contributed by atoms with E-state index >= 15 is 0 Å². The summed E-state index contributed by atoms with van der Waals surface area (Å²) < 4.78 is 0.758. The fourth-order valence-corrected chi connectivity index (χ4v) is 0.779. The average molecular weight is 225 g/mol. The molecule has 0 heterocycles. The van der Waals surface area contributed by atoms with Crippen LogP contribution in [0.25, 0.3) is 0 Å². The summed E-state index contributed by atoms with van der Waals surface area (Å²) in [5, 5.41) is 9.05. The van der Waals surface area contributed by atoms with Crippen molar-refractivity contribution in [2.24, 2.45) is 0 Å². The molecule has 1 N–H and O–H groups in total. The van der Waals surface area contributed by atoms with Gasteiger partial charge in [0.2, 0.25) is 0 Å². The Morgan fingerprint density at radius 2 is 1.73 bits per heavy atom. The van der Waals surface area contributed by atoms with Gasteiger partial charge in [0.25, 0.3) is 0 Å². The molecule has 0 aliphatic heterocycles. The van der Waals surface area contributed by atoms with Crippen molar-refractivity contribution in [2.75, 3.05) is 33.6 Å². The highest BCUT2D eigenvalue weighted by molar-refractivity contribution is 6.18. The molecule has 0 aromatic rings. The molecule has 0 saturated carbocycles. The second kappa shape index (κ2) is 7.44. The van der Waals surface area contributed by atoms with Gasteiger partial charge in [-0.2, -0.15) is 0 Å². The number of hydrogen-bond acceptors (Lipinski definition) is 1. The molecule has 1 atom stereocenters. The van der Waals surface area contributed by atoms with Crippen LogP contribution in [0, 0.1) is 0 Å². The summed E-state index contributed by atoms with van der Waals surface area (Å²) in [6, 6.07) is 0. The first kappa shape index (κ1) is 17.8. The van der Waals surface area contributed by atoms with E-state index in [0.717, 1.165) is 4.48 Å². The van der Waals surface area contributed by atoms with Gasteiger partial charge in [0.05, 0.1) is 27.0 Å². The Balaban J connectivity index is -0.000000320. The molecule has 0 bridgehead atoms. The molecule has 0 spiro atoms. The molecule has 0 radical (unpaired) electrons. The third-order valence-electron chi connectivity index (χ3n) is 0.937. The van der Waals surface area contributed by atoms with E-state index in [0.29, 0.717) is 12.4 Å². The topological polar surface area (TPSA) is 20.2 Å². The molecule has 0 amide bonds. The summed E-state index contributed by atoms with van der Waals surface area (Å²) in [6.45, 7) is 0.712. The van der Waals surface area contributed by atoms with Crippen molar-refractivity contribution in [1.82, 2.24) is 0 Å². The van der Waals surface area contributed by atoms with Gasteiger partial charge in [-0.25, -0.2) is 0 Å². The van der Waals surface area contributed by atoms with Crippen LogP contribution in [0.3, 0.4) is 0 Å². The zero-order chi connectivity index (χ0) is 7.49. The molecule has 72 valence electrons. The highest BCUT2D eigenvalue weighted by Crippen LogP contribution is 1.95. The van der Waals surface area contributed by atoms with Gasteiger partial charge < -0.3 is 22.0 Å². The highest BCUT2D eigenvalue weighted by atomic mass is 35.5. The third-order valence-corrected chi connectivity index (χ3v) is 1.29. The van der Waals surface area contributed by atoms with Gasteiger partial charge in [-0.15, -0.1) is 24.0 Å². The predicted molar refractivity (Wildman–Crippen MR) is 46.9 cm³/mol. The lowest BCUT2D eigenvalue weighted by Crippen LogP contribution is -3.00. The number of nitrogens with zero attached hydrogens (tertiary/aromatic N) is 1. The predicted octanol–water partition coefficient (Wildman–Crippen LogP) is -2.28. The van der Waals surface area contributed by atoms with E-state index in [1.807, 2.05) is 21.1 Å². The van der Waals surface area contributed by atoms with Crippen molar-refractivity contribution in [2.45, 2.75) is 6.10 Å². The maximum Gasteiger partial charge on any atom is 0.116 e. The monoisotopic (exact) mass is 223 g/mol. The number of likely N-dealkylation sites (N-methyl/N-ethyl adjacent to an activating group) is 1. The Morgan fingerprint density at radius 1 is 1.36 bits per heavy atom. The number of quaternary nitrogens is 1. The van der Waals surface area contributed by atoms with Crippen LogP contribution in [0.2, 0.25) is 0 Å². The van der Waals surface area contributed by atoms with Crippen molar-refractivity contribution < 1.29 is 22.0 Å². The molecular weight excluding hydrogens is 208 g/mol. The number of alkyl halides is 1. The van der Waals surface area contributed by atoms with Gasteiger partial charge in [-0.05, 0) is 0 Å². The lowest BCUT2D eigenvalue weighted by atomic mass is 10.3. The van der Waals surface area contributed by atoms with Crippen LogP contribution in [0.1, 0.15) is 0 Å². The molecule has 2 nitrogen and oxygen atoms in total. The first-order valence-electron chi connectivity index (χ1n) is 3.00. The summed E-state index contributed by atoms with van der Waals surface area (Å²) in [6.07, 6.45) is -0.369. The second-order valence-electron chi connectivity index (χ2n) is 3.28. The largest absolute Gasteiger partial charge is 1.00 e. The molecule has 0 fully saturated rings. The number of hydrogen-bond donors (Lipinski definition) is 1. The Morgan fingerprint density at radius 3 is 1.82 bits per heavy atom. The first-order chi connectivity index (χ1) is 3.95. The minimum atomic E-state index is -0.369. The van der Waals surface area contributed by atoms with Gasteiger partial charge in [0.15, 0.2) is 0 Å². The van der Waals surface area contributed by atoms with Crippen LogP contribution in [0.15, 0.2) is 0 Å². The van der Waals surface area contributed by atoms with Gasteiger partial charge in [0, 0.05) is 0 Å². The standard InChI is InChI=1S/C6H15ClNO.2ClH/c1-8(2,3)5-6(9)4-7;;/h6,9H,4-5H2,1-3H3;2*1H/q+1;;/p-1. The molecule has 0 aliphatic carbocycles. The van der Waals surface area contributed by atoms with E-state index in [4.69, 9.17) is 16.7 Å². The number of aliphatic hydroxyl groups is 1. The van der Waals surface area contributed by atoms with Gasteiger partial charge >= 0.3 is 0 Å². The van der Waals surface area contributed by atoms with Crippen LogP contribution in [0.4, 0.5) is 0 Å². The van der Waals surface area contributed by atoms with E-state index < -0.39 is 0 Å². The van der Waals surface area contributed by atoms with Crippen molar-refractivity contribution in [3.05, 3.63) is 0 Å². The van der Waals surface area contributed by atoms with Crippen LogP contribution in [-0.2, 0) is 0 Å². The normalized spacial score (nSPS) is 12.8. The zero-order valence-corrected chi connectivity index (χ0v) is 9.38. The van der Waals surface area contributed by atoms with Crippen LogP contribution >= 0.6 is 24.0 Å². The van der Waals surface area contributed by atoms with Crippen molar-refractivity contribution in [1.29, 1.82) is 0 Å². The minimum absolute atomic E-state index is 0. The second-order valence-corrected chi connectivity index (χ2v) is 3.59. The Labute approximate surface area is 85.9 Å². The number of rotatable bonds is 3. The van der Waals surface area contributed by atoms with Crippen LogP contribution in [-0.4, -0.2) is 49.3 Å². The van der Waals surface area contributed by atoms with Gasteiger partial charge in [-0.1, -0.05) is 0 Å². The molecule has 11 heavy (non-hydrogen) atoms. The Kier molecular flexibility index (Phi) is 12.0. The van der Waals surface area contributed by atoms with E-state index in [9.17, 15) is 0 Å². The van der Waals surface area contributed by atoms with Crippen molar-refractivity contribution in [3.8, 4) is 0 Å². The third kappa shape index (κ3) is 13.7. The molecule has 0 aromatic heterocycles. The molecule has 5 heteroatoms. The van der Waals surface area contributed by atoms with E-state index in [1.165, 1.54) is 0 Å². The number of aliphatic hydroxyl groups excluding tert-OH is 1. The lowest BCUT2D eigenvalue weighted by Gasteiger charge is -2.25. The molecule has 0 rings (SSSR count). The van der Waals surface area contributed by atoms with Crippen molar-refractivity contribution in [3.63, 3.8) is 0 Å². The summed E-state index contributed by atoms with van der Waals surface area (Å²) in [5.74, 6) is 0.329. The fourth-order valence-electron chi connectivity index (χ4n) is 0.681. The molecule has 0 aliphatic rings. The van der Waals surface area contributed by atoms with E-state index in [-0.39, 0.29) is 30.9 Å². The first-order valence-corrected chi connectivity index (χ1v) is 3.53. The smallest absolute Gasteiger partial charge is 0.116 e. The zero-order valence-electron chi connectivity index (χ0n) is 7.05. The van der Waals surface area contributed by atoms with E-state index in [2.05, 4.69) is 0 Å². The molecule has 1 unspecified atom stereocenters. The number of halogens is 3. The summed E-state index contributed by atoms with van der Waals surface area (Å²) in [5.41, 5.74) is 0. The van der Waals surface area contributed by atoms with Gasteiger partial charge in [-0.3, -0.25) is 0 Å². The van der Waals surface area contributed by atoms with Crippen LogP contribution < -0.4 is 12.4 Å². The van der Waals surface area contributed by atoms with Crippen LogP contribution in [0.5, 0.6) is 0 Å². The lowest BCUT2D eigenvalue weighted by molar-refractivity contribution is -0.873. The summed E-state index contributed by atoms with van der Waals surface area (Å²) in [4.78, 5) is 0. The highest BCUT2D eigenvalue weighted by Gasteiger charge is 2.13. The van der Waals surface area contributed by atoms with E-state index in [1.54, 1.807) is 0 Å². The quantitative estimate of drug-likeness (QED) is 0.423. The van der Waals surface area contributed by atoms with Gasteiger partial charge in [0.1, 0.15) is 12.6 Å². The average Bonchev–Trinajstić information content (AvgIpc) is 1.62. The minimum Gasteiger partial charge on any atom is -1.00 e. The Bertz CT molecular complexity index is 84.4. The molecule has 0 saturated heterocycles. The Hall–Kier alpha value is 0.790. The molecule has 0 aromatic carbocycles. The SMILES string of the molecule is C[N+](C)(C)CC(O)CCl.Cl.[Cl-]. The molecular formula is C6H16Cl3NO. The van der Waals surface area contributed by atoms with Crippen molar-refractivity contribution >= 4 is 24.0 Å². The summed E-state index contributed by atoms with van der Waals surface area (Å²) >= 11 is 5.40. The maximum absolute atomic E-state index is 9.05.